The molecule has 16 heavy (non-hydrogen) atoms. The maximum Gasteiger partial charge on any atom is 0.0478 e. The molecule has 0 aromatic heterocycles. The molecule has 98 valence electrons. The summed E-state index contributed by atoms with van der Waals surface area (Å²) in [6.45, 7) is 10.8. The van der Waals surface area contributed by atoms with E-state index in [0.717, 1.165) is 38.5 Å². The van der Waals surface area contributed by atoms with E-state index in [-0.39, 0.29) is 0 Å². The van der Waals surface area contributed by atoms with Crippen LogP contribution in [0.3, 0.4) is 0 Å². The maximum absolute atomic E-state index is 5.44. The molecule has 0 radical (unpaired) electrons. The van der Waals surface area contributed by atoms with E-state index < -0.39 is 0 Å². The lowest BCUT2D eigenvalue weighted by Crippen LogP contribution is -2.24. The predicted molar refractivity (Wildman–Crippen MR) is 71.9 cm³/mol. The van der Waals surface area contributed by atoms with Gasteiger partial charge in [0.1, 0.15) is 0 Å². The molecule has 2 nitrogen and oxygen atoms in total. The van der Waals surface area contributed by atoms with Gasteiger partial charge in [-0.05, 0) is 38.3 Å². The molecule has 1 unspecified atom stereocenters. The Kier molecular flexibility index (Phi) is 12.9. The van der Waals surface area contributed by atoms with Crippen molar-refractivity contribution in [2.45, 2.75) is 59.3 Å². The summed E-state index contributed by atoms with van der Waals surface area (Å²) in [5.74, 6) is 0.872. The summed E-state index contributed by atoms with van der Waals surface area (Å²) in [5.41, 5.74) is 0. The molecular formula is C14H31NO. The van der Waals surface area contributed by atoms with Crippen LogP contribution in [-0.4, -0.2) is 26.3 Å². The normalized spacial score (nSPS) is 12.9. The molecule has 0 saturated carbocycles. The van der Waals surface area contributed by atoms with Crippen LogP contribution in [-0.2, 0) is 4.74 Å². The molecular weight excluding hydrogens is 198 g/mol. The van der Waals surface area contributed by atoms with Crippen molar-refractivity contribution in [3.63, 3.8) is 0 Å². The van der Waals surface area contributed by atoms with Crippen LogP contribution in [0.15, 0.2) is 0 Å². The molecule has 0 spiro atoms. The van der Waals surface area contributed by atoms with Crippen molar-refractivity contribution < 1.29 is 4.74 Å². The minimum Gasteiger partial charge on any atom is -0.381 e. The Bertz CT molecular complexity index is 128. The van der Waals surface area contributed by atoms with Crippen LogP contribution < -0.4 is 5.32 Å². The van der Waals surface area contributed by atoms with Gasteiger partial charge in [-0.1, -0.05) is 40.0 Å². The van der Waals surface area contributed by atoms with Crippen LogP contribution in [0.2, 0.25) is 0 Å². The van der Waals surface area contributed by atoms with Crippen LogP contribution in [0.5, 0.6) is 0 Å². The molecule has 0 aliphatic carbocycles. The quantitative estimate of drug-likeness (QED) is 0.516. The highest BCUT2D eigenvalue weighted by atomic mass is 16.5. The smallest absolute Gasteiger partial charge is 0.0478 e. The Morgan fingerprint density at radius 3 is 2.44 bits per heavy atom. The number of rotatable bonds is 12. The Morgan fingerprint density at radius 2 is 1.81 bits per heavy atom. The van der Waals surface area contributed by atoms with Gasteiger partial charge in [0.2, 0.25) is 0 Å². The summed E-state index contributed by atoms with van der Waals surface area (Å²) in [7, 11) is 0. The molecule has 0 aromatic rings. The zero-order valence-electron chi connectivity index (χ0n) is 11.6. The lowest BCUT2D eigenvalue weighted by atomic mass is 9.99. The first kappa shape index (κ1) is 15.9. The second kappa shape index (κ2) is 13.0. The van der Waals surface area contributed by atoms with E-state index in [2.05, 4.69) is 26.1 Å². The van der Waals surface area contributed by atoms with E-state index >= 15 is 0 Å². The van der Waals surface area contributed by atoms with Crippen molar-refractivity contribution in [2.24, 2.45) is 5.92 Å². The largest absolute Gasteiger partial charge is 0.381 e. The van der Waals surface area contributed by atoms with Gasteiger partial charge in [-0.25, -0.2) is 0 Å². The van der Waals surface area contributed by atoms with Gasteiger partial charge in [-0.2, -0.15) is 0 Å². The van der Waals surface area contributed by atoms with Crippen LogP contribution in [0.1, 0.15) is 59.3 Å². The minimum absolute atomic E-state index is 0.872. The lowest BCUT2D eigenvalue weighted by Gasteiger charge is -2.15. The fraction of sp³-hybridized carbons (Fsp3) is 1.00. The summed E-state index contributed by atoms with van der Waals surface area (Å²) in [6, 6.07) is 0. The Labute approximate surface area is 102 Å². The number of hydrogen-bond donors (Lipinski definition) is 1. The third-order valence-electron chi connectivity index (χ3n) is 2.97. The zero-order valence-corrected chi connectivity index (χ0v) is 11.6. The Balaban J connectivity index is 3.20. The van der Waals surface area contributed by atoms with E-state index in [1.54, 1.807) is 0 Å². The van der Waals surface area contributed by atoms with Gasteiger partial charge in [0.15, 0.2) is 0 Å². The molecule has 0 fully saturated rings. The summed E-state index contributed by atoms with van der Waals surface area (Å²) < 4.78 is 5.44. The van der Waals surface area contributed by atoms with Gasteiger partial charge in [-0.15, -0.1) is 0 Å². The maximum atomic E-state index is 5.44. The Hall–Kier alpha value is -0.0800. The van der Waals surface area contributed by atoms with Crippen LogP contribution in [0, 0.1) is 5.92 Å². The highest BCUT2D eigenvalue weighted by Gasteiger charge is 2.04. The van der Waals surface area contributed by atoms with Crippen molar-refractivity contribution in [2.75, 3.05) is 26.3 Å². The molecule has 2 heteroatoms. The SMILES string of the molecule is CCCCC(CC)CNCCCOCCC. The molecule has 0 amide bonds. The van der Waals surface area contributed by atoms with Crippen molar-refractivity contribution >= 4 is 0 Å². The summed E-state index contributed by atoms with van der Waals surface area (Å²) in [5, 5.41) is 3.54. The molecule has 0 saturated heterocycles. The summed E-state index contributed by atoms with van der Waals surface area (Å²) in [6.07, 6.45) is 7.65. The first-order chi connectivity index (χ1) is 7.85. The van der Waals surface area contributed by atoms with Crippen molar-refractivity contribution in [3.8, 4) is 0 Å². The monoisotopic (exact) mass is 229 g/mol. The molecule has 0 aliphatic rings. The zero-order chi connectivity index (χ0) is 12.1. The van der Waals surface area contributed by atoms with Gasteiger partial charge in [0.05, 0.1) is 0 Å². The fourth-order valence-corrected chi connectivity index (χ4v) is 1.80. The molecule has 0 aliphatic heterocycles. The summed E-state index contributed by atoms with van der Waals surface area (Å²) in [4.78, 5) is 0. The molecule has 0 aromatic carbocycles. The average molecular weight is 229 g/mol. The third kappa shape index (κ3) is 10.4. The number of hydrogen-bond acceptors (Lipinski definition) is 2. The number of unbranched alkanes of at least 4 members (excludes halogenated alkanes) is 1. The van der Waals surface area contributed by atoms with E-state index in [1.165, 1.54) is 32.2 Å². The topological polar surface area (TPSA) is 21.3 Å². The minimum atomic E-state index is 0.872. The molecule has 0 heterocycles. The lowest BCUT2D eigenvalue weighted by molar-refractivity contribution is 0.132. The first-order valence-electron chi connectivity index (χ1n) is 7.13. The van der Waals surface area contributed by atoms with Gasteiger partial charge in [-0.3, -0.25) is 0 Å². The molecule has 0 bridgehead atoms. The predicted octanol–water partition coefficient (Wildman–Crippen LogP) is 3.61. The van der Waals surface area contributed by atoms with E-state index in [4.69, 9.17) is 4.74 Å². The highest BCUT2D eigenvalue weighted by Crippen LogP contribution is 2.10. The van der Waals surface area contributed by atoms with Crippen LogP contribution in [0.4, 0.5) is 0 Å². The van der Waals surface area contributed by atoms with E-state index in [1.807, 2.05) is 0 Å². The van der Waals surface area contributed by atoms with Gasteiger partial charge in [0.25, 0.3) is 0 Å². The van der Waals surface area contributed by atoms with E-state index in [0.29, 0.717) is 0 Å². The highest BCUT2D eigenvalue weighted by molar-refractivity contribution is 4.60. The summed E-state index contributed by atoms with van der Waals surface area (Å²) >= 11 is 0. The number of nitrogens with one attached hydrogen (secondary N) is 1. The second-order valence-corrected chi connectivity index (χ2v) is 4.59. The van der Waals surface area contributed by atoms with Crippen molar-refractivity contribution in [1.29, 1.82) is 0 Å². The first-order valence-corrected chi connectivity index (χ1v) is 7.13. The van der Waals surface area contributed by atoms with Crippen molar-refractivity contribution in [1.82, 2.24) is 5.32 Å². The molecule has 1 N–H and O–H groups in total. The van der Waals surface area contributed by atoms with E-state index in [9.17, 15) is 0 Å². The Morgan fingerprint density at radius 1 is 1.00 bits per heavy atom. The third-order valence-corrected chi connectivity index (χ3v) is 2.97. The van der Waals surface area contributed by atoms with Gasteiger partial charge < -0.3 is 10.1 Å². The standard InChI is InChI=1S/C14H31NO/c1-4-7-9-14(6-3)13-15-10-8-12-16-11-5-2/h14-15H,4-13H2,1-3H3. The van der Waals surface area contributed by atoms with Crippen molar-refractivity contribution in [3.05, 3.63) is 0 Å². The average Bonchev–Trinajstić information content (AvgIpc) is 2.32. The van der Waals surface area contributed by atoms with Gasteiger partial charge in [0, 0.05) is 13.2 Å². The van der Waals surface area contributed by atoms with Crippen LogP contribution >= 0.6 is 0 Å². The van der Waals surface area contributed by atoms with Gasteiger partial charge >= 0.3 is 0 Å². The molecule has 1 atom stereocenters. The molecule has 0 rings (SSSR count). The van der Waals surface area contributed by atoms with Crippen LogP contribution in [0.25, 0.3) is 0 Å². The fourth-order valence-electron chi connectivity index (χ4n) is 1.80. The second-order valence-electron chi connectivity index (χ2n) is 4.59. The number of ether oxygens (including phenoxy) is 1.